The molecule has 1 rings (SSSR count). The summed E-state index contributed by atoms with van der Waals surface area (Å²) >= 11 is 0. The van der Waals surface area contributed by atoms with Crippen LogP contribution in [0.25, 0.3) is 0 Å². The zero-order valence-electron chi connectivity index (χ0n) is 17.9. The molecule has 0 heterocycles. The van der Waals surface area contributed by atoms with Crippen LogP contribution in [0.1, 0.15) is 90.4 Å². The SMILES string of the molecule is CCCCCCCC(=O)CCC1C(OP)CC(OP)C1C/C=C/CCCC(=O)O. The largest absolute Gasteiger partial charge is 0.481 e. The lowest BCUT2D eigenvalue weighted by molar-refractivity contribution is -0.137. The number of hydrogen-bond acceptors (Lipinski definition) is 4. The highest BCUT2D eigenvalue weighted by molar-refractivity contribution is 7.10. The Morgan fingerprint density at radius 2 is 1.62 bits per heavy atom. The predicted molar refractivity (Wildman–Crippen MR) is 124 cm³/mol. The summed E-state index contributed by atoms with van der Waals surface area (Å²) in [6.45, 7) is 2.20. The van der Waals surface area contributed by atoms with Gasteiger partial charge >= 0.3 is 5.97 Å². The number of aliphatic carboxylic acids is 1. The van der Waals surface area contributed by atoms with E-state index in [1.54, 1.807) is 0 Å². The van der Waals surface area contributed by atoms with Crippen molar-refractivity contribution in [2.75, 3.05) is 0 Å². The van der Waals surface area contributed by atoms with Crippen LogP contribution in [-0.4, -0.2) is 29.1 Å². The van der Waals surface area contributed by atoms with Crippen LogP contribution >= 0.6 is 18.9 Å². The van der Waals surface area contributed by atoms with Gasteiger partial charge in [-0.3, -0.25) is 9.59 Å². The molecule has 0 aliphatic heterocycles. The average molecular weight is 447 g/mol. The maximum atomic E-state index is 12.3. The molecule has 1 N–H and O–H groups in total. The molecule has 1 aliphatic carbocycles. The number of Topliss-reactive ketones (excluding diaryl/α,β-unsaturated/α-hetero) is 1. The second kappa shape index (κ2) is 16.4. The van der Waals surface area contributed by atoms with Crippen molar-refractivity contribution in [3.8, 4) is 0 Å². The van der Waals surface area contributed by atoms with Crippen LogP contribution in [0.4, 0.5) is 0 Å². The number of unbranched alkanes of at least 4 members (excludes halogenated alkanes) is 5. The lowest BCUT2D eigenvalue weighted by atomic mass is 9.86. The van der Waals surface area contributed by atoms with Gasteiger partial charge in [0.25, 0.3) is 0 Å². The number of hydrogen-bond donors (Lipinski definition) is 1. The summed E-state index contributed by atoms with van der Waals surface area (Å²) < 4.78 is 11.3. The molecule has 0 bridgehead atoms. The smallest absolute Gasteiger partial charge is 0.303 e. The van der Waals surface area contributed by atoms with Gasteiger partial charge in [-0.15, -0.1) is 0 Å². The third-order valence-electron chi connectivity index (χ3n) is 5.97. The van der Waals surface area contributed by atoms with Crippen LogP contribution in [0.3, 0.4) is 0 Å². The number of rotatable bonds is 17. The first-order valence-corrected chi connectivity index (χ1v) is 12.1. The van der Waals surface area contributed by atoms with Crippen molar-refractivity contribution in [3.05, 3.63) is 12.2 Å². The second-order valence-electron chi connectivity index (χ2n) is 8.15. The van der Waals surface area contributed by atoms with Crippen LogP contribution < -0.4 is 0 Å². The predicted octanol–water partition coefficient (Wildman–Crippen LogP) is 5.88. The number of ketones is 1. The Labute approximate surface area is 181 Å². The lowest BCUT2D eigenvalue weighted by Crippen LogP contribution is -2.23. The first-order chi connectivity index (χ1) is 14.0. The van der Waals surface area contributed by atoms with Crippen molar-refractivity contribution in [1.29, 1.82) is 0 Å². The topological polar surface area (TPSA) is 72.8 Å². The molecular formula is C22H40O5P2. The van der Waals surface area contributed by atoms with Crippen molar-refractivity contribution in [1.82, 2.24) is 0 Å². The highest BCUT2D eigenvalue weighted by Gasteiger charge is 2.43. The Morgan fingerprint density at radius 1 is 0.931 bits per heavy atom. The van der Waals surface area contributed by atoms with Crippen molar-refractivity contribution >= 4 is 30.7 Å². The minimum absolute atomic E-state index is 0.0910. The summed E-state index contributed by atoms with van der Waals surface area (Å²) in [5.74, 6) is 0.222. The Morgan fingerprint density at radius 3 is 2.28 bits per heavy atom. The van der Waals surface area contributed by atoms with E-state index in [1.807, 2.05) is 0 Å². The van der Waals surface area contributed by atoms with Crippen LogP contribution in [0, 0.1) is 11.8 Å². The van der Waals surface area contributed by atoms with Crippen molar-refractivity contribution in [2.45, 2.75) is 103 Å². The Hall–Kier alpha value is -0.340. The molecule has 0 amide bonds. The molecule has 6 atom stereocenters. The van der Waals surface area contributed by atoms with Crippen LogP contribution in [-0.2, 0) is 18.6 Å². The van der Waals surface area contributed by atoms with Crippen LogP contribution in [0.2, 0.25) is 0 Å². The molecule has 0 spiro atoms. The summed E-state index contributed by atoms with van der Waals surface area (Å²) in [5, 5.41) is 8.71. The summed E-state index contributed by atoms with van der Waals surface area (Å²) in [7, 11) is 4.76. The molecule has 1 aliphatic rings. The van der Waals surface area contributed by atoms with Gasteiger partial charge in [0, 0.05) is 44.6 Å². The van der Waals surface area contributed by atoms with E-state index in [4.69, 9.17) is 14.2 Å². The van der Waals surface area contributed by atoms with Gasteiger partial charge in [-0.1, -0.05) is 44.8 Å². The maximum Gasteiger partial charge on any atom is 0.303 e. The van der Waals surface area contributed by atoms with Gasteiger partial charge in [-0.25, -0.2) is 0 Å². The summed E-state index contributed by atoms with van der Waals surface area (Å²) in [5.41, 5.74) is 0. The summed E-state index contributed by atoms with van der Waals surface area (Å²) in [6, 6.07) is 0. The Bertz CT molecular complexity index is 498. The molecule has 0 aromatic carbocycles. The highest BCUT2D eigenvalue weighted by atomic mass is 31.0. The van der Waals surface area contributed by atoms with Crippen molar-refractivity contribution < 1.29 is 23.7 Å². The fourth-order valence-electron chi connectivity index (χ4n) is 4.29. The molecule has 0 aromatic heterocycles. The summed E-state index contributed by atoms with van der Waals surface area (Å²) in [4.78, 5) is 22.9. The Kier molecular flexibility index (Phi) is 15.1. The second-order valence-corrected chi connectivity index (χ2v) is 8.69. The molecule has 168 valence electrons. The number of carbonyl (C=O) groups is 2. The average Bonchev–Trinajstić information content (AvgIpc) is 3.05. The van der Waals surface area contributed by atoms with Crippen LogP contribution in [0.5, 0.6) is 0 Å². The van der Waals surface area contributed by atoms with Gasteiger partial charge in [-0.2, -0.15) is 0 Å². The molecule has 1 saturated carbocycles. The van der Waals surface area contributed by atoms with E-state index in [0.717, 1.165) is 38.5 Å². The summed E-state index contributed by atoms with van der Waals surface area (Å²) in [6.07, 6.45) is 15.7. The molecule has 5 nitrogen and oxygen atoms in total. The Balaban J connectivity index is 2.48. The zero-order valence-corrected chi connectivity index (χ0v) is 20.2. The van der Waals surface area contributed by atoms with Gasteiger partial charge in [0.2, 0.25) is 0 Å². The van der Waals surface area contributed by atoms with Gasteiger partial charge in [0.15, 0.2) is 0 Å². The van der Waals surface area contributed by atoms with E-state index in [-0.39, 0.29) is 18.6 Å². The van der Waals surface area contributed by atoms with Crippen molar-refractivity contribution in [2.24, 2.45) is 11.8 Å². The standard InChI is InChI=1S/C22H40O5P2/c1-2-3-4-5-8-11-17(23)14-15-19-18(20(26-28)16-21(19)27-29)12-9-6-7-10-13-22(24)25/h6,9,18-21H,2-5,7-8,10-16,28-29H2,1H3,(H,24,25)/b9-6+. The molecule has 0 radical (unpaired) electrons. The zero-order chi connectivity index (χ0) is 21.5. The molecular weight excluding hydrogens is 406 g/mol. The minimum atomic E-state index is -0.749. The number of carboxylic acid groups (broad SMARTS) is 1. The van der Waals surface area contributed by atoms with Crippen LogP contribution in [0.15, 0.2) is 12.2 Å². The molecule has 0 saturated heterocycles. The number of carboxylic acids is 1. The molecule has 7 heteroatoms. The first-order valence-electron chi connectivity index (χ1n) is 11.1. The molecule has 6 unspecified atom stereocenters. The molecule has 1 fully saturated rings. The van der Waals surface area contributed by atoms with E-state index < -0.39 is 5.97 Å². The first kappa shape index (κ1) is 26.7. The van der Waals surface area contributed by atoms with E-state index in [0.29, 0.717) is 36.9 Å². The third kappa shape index (κ3) is 11.0. The van der Waals surface area contributed by atoms with E-state index in [9.17, 15) is 9.59 Å². The fourth-order valence-corrected chi connectivity index (χ4v) is 4.92. The number of allylic oxidation sites excluding steroid dienone is 2. The van der Waals surface area contributed by atoms with Gasteiger partial charge in [-0.05, 0) is 43.9 Å². The van der Waals surface area contributed by atoms with Crippen molar-refractivity contribution in [3.63, 3.8) is 0 Å². The monoisotopic (exact) mass is 446 g/mol. The van der Waals surface area contributed by atoms with Gasteiger partial charge in [0.05, 0.1) is 12.2 Å². The quantitative estimate of drug-likeness (QED) is 0.171. The van der Waals surface area contributed by atoms with Gasteiger partial charge < -0.3 is 14.2 Å². The van der Waals surface area contributed by atoms with E-state index >= 15 is 0 Å². The third-order valence-corrected chi connectivity index (χ3v) is 6.67. The minimum Gasteiger partial charge on any atom is -0.481 e. The fraction of sp³-hybridized carbons (Fsp3) is 0.818. The van der Waals surface area contributed by atoms with Gasteiger partial charge in [0.1, 0.15) is 5.78 Å². The normalized spacial score (nSPS) is 24.4. The lowest BCUT2D eigenvalue weighted by Gasteiger charge is -2.24. The molecule has 29 heavy (non-hydrogen) atoms. The van der Waals surface area contributed by atoms with E-state index in [2.05, 4.69) is 38.0 Å². The maximum absolute atomic E-state index is 12.3. The number of carbonyl (C=O) groups excluding carboxylic acids is 1. The molecule has 0 aromatic rings. The highest BCUT2D eigenvalue weighted by Crippen LogP contribution is 2.42. The van der Waals surface area contributed by atoms with E-state index in [1.165, 1.54) is 19.3 Å².